The molecule has 5 heteroatoms. The largest absolute Gasteiger partial charge is 0.481 e. The SMILES string of the molecule is CC1(C)[C@H](C(=O)O)[C@@H]1C(=O)NCCc1ccncc1. The second kappa shape index (κ2) is 4.99. The molecule has 1 fully saturated rings. The Bertz CT molecular complexity index is 485. The zero-order valence-corrected chi connectivity index (χ0v) is 11.1. The van der Waals surface area contributed by atoms with Crippen molar-refractivity contribution in [2.45, 2.75) is 20.3 Å². The van der Waals surface area contributed by atoms with Crippen molar-refractivity contribution in [2.24, 2.45) is 17.3 Å². The molecule has 0 spiro atoms. The van der Waals surface area contributed by atoms with Gasteiger partial charge in [-0.05, 0) is 29.5 Å². The summed E-state index contributed by atoms with van der Waals surface area (Å²) >= 11 is 0. The summed E-state index contributed by atoms with van der Waals surface area (Å²) < 4.78 is 0. The van der Waals surface area contributed by atoms with Crippen LogP contribution in [0.2, 0.25) is 0 Å². The third-order valence-corrected chi connectivity index (χ3v) is 3.84. The molecule has 0 aromatic carbocycles. The van der Waals surface area contributed by atoms with Crippen LogP contribution in [0.4, 0.5) is 0 Å². The van der Waals surface area contributed by atoms with Gasteiger partial charge in [-0.15, -0.1) is 0 Å². The predicted molar refractivity (Wildman–Crippen MR) is 69.3 cm³/mol. The van der Waals surface area contributed by atoms with Gasteiger partial charge < -0.3 is 10.4 Å². The number of amides is 1. The molecule has 102 valence electrons. The van der Waals surface area contributed by atoms with Crippen LogP contribution >= 0.6 is 0 Å². The van der Waals surface area contributed by atoms with Gasteiger partial charge in [-0.3, -0.25) is 14.6 Å². The smallest absolute Gasteiger partial charge is 0.307 e. The molecule has 2 rings (SSSR count). The molecule has 1 saturated carbocycles. The summed E-state index contributed by atoms with van der Waals surface area (Å²) in [7, 11) is 0. The molecule has 1 amide bonds. The Morgan fingerprint density at radius 1 is 1.32 bits per heavy atom. The van der Waals surface area contributed by atoms with Crippen LogP contribution in [0.5, 0.6) is 0 Å². The van der Waals surface area contributed by atoms with E-state index in [4.69, 9.17) is 5.11 Å². The standard InChI is InChI=1S/C14H18N2O3/c1-14(2)10(11(14)13(18)19)12(17)16-8-5-9-3-6-15-7-4-9/h3-4,6-7,10-11H,5,8H2,1-2H3,(H,16,17)(H,18,19)/t10-,11+/m1/s1. The fraction of sp³-hybridized carbons (Fsp3) is 0.500. The molecular formula is C14H18N2O3. The highest BCUT2D eigenvalue weighted by atomic mass is 16.4. The molecule has 19 heavy (non-hydrogen) atoms. The van der Waals surface area contributed by atoms with Crippen molar-refractivity contribution in [3.63, 3.8) is 0 Å². The molecular weight excluding hydrogens is 244 g/mol. The van der Waals surface area contributed by atoms with E-state index in [0.717, 1.165) is 12.0 Å². The highest BCUT2D eigenvalue weighted by Gasteiger charge is 2.65. The van der Waals surface area contributed by atoms with Gasteiger partial charge in [-0.1, -0.05) is 13.8 Å². The van der Waals surface area contributed by atoms with Gasteiger partial charge >= 0.3 is 5.97 Å². The lowest BCUT2D eigenvalue weighted by Gasteiger charge is -2.06. The van der Waals surface area contributed by atoms with E-state index in [1.807, 2.05) is 26.0 Å². The van der Waals surface area contributed by atoms with Crippen molar-refractivity contribution in [1.29, 1.82) is 0 Å². The van der Waals surface area contributed by atoms with E-state index in [-0.39, 0.29) is 5.91 Å². The molecule has 1 aliphatic carbocycles. The summed E-state index contributed by atoms with van der Waals surface area (Å²) in [5.41, 5.74) is 0.659. The van der Waals surface area contributed by atoms with Crippen LogP contribution in [0.3, 0.4) is 0 Å². The molecule has 0 saturated heterocycles. The van der Waals surface area contributed by atoms with E-state index in [9.17, 15) is 9.59 Å². The maximum atomic E-state index is 11.9. The zero-order chi connectivity index (χ0) is 14.0. The Kier molecular flexibility index (Phi) is 3.55. The number of hydrogen-bond acceptors (Lipinski definition) is 3. The van der Waals surface area contributed by atoms with Crippen LogP contribution in [0.1, 0.15) is 19.4 Å². The Balaban J connectivity index is 1.82. The number of rotatable bonds is 5. The van der Waals surface area contributed by atoms with Gasteiger partial charge in [0.2, 0.25) is 5.91 Å². The summed E-state index contributed by atoms with van der Waals surface area (Å²) in [6.45, 7) is 4.15. The third-order valence-electron chi connectivity index (χ3n) is 3.84. The van der Waals surface area contributed by atoms with Gasteiger partial charge in [0.1, 0.15) is 0 Å². The van der Waals surface area contributed by atoms with E-state index in [1.165, 1.54) is 0 Å². The number of carboxylic acids is 1. The van der Waals surface area contributed by atoms with Crippen molar-refractivity contribution in [1.82, 2.24) is 10.3 Å². The lowest BCUT2D eigenvalue weighted by molar-refractivity contribution is -0.140. The quantitative estimate of drug-likeness (QED) is 0.832. The molecule has 1 aliphatic rings. The van der Waals surface area contributed by atoms with Crippen LogP contribution in [0.15, 0.2) is 24.5 Å². The van der Waals surface area contributed by atoms with Crippen molar-refractivity contribution < 1.29 is 14.7 Å². The number of aliphatic carboxylic acids is 1. The van der Waals surface area contributed by atoms with E-state index >= 15 is 0 Å². The number of hydrogen-bond donors (Lipinski definition) is 2. The van der Waals surface area contributed by atoms with E-state index < -0.39 is 23.2 Å². The zero-order valence-electron chi connectivity index (χ0n) is 11.1. The minimum absolute atomic E-state index is 0.161. The normalized spacial score (nSPS) is 23.7. The third kappa shape index (κ3) is 2.75. The summed E-state index contributed by atoms with van der Waals surface area (Å²) in [5, 5.41) is 11.8. The molecule has 0 aliphatic heterocycles. The average Bonchev–Trinajstić information content (AvgIpc) is 2.94. The van der Waals surface area contributed by atoms with Crippen LogP contribution in [-0.4, -0.2) is 28.5 Å². The highest BCUT2D eigenvalue weighted by molar-refractivity contribution is 5.91. The number of nitrogens with one attached hydrogen (secondary N) is 1. The minimum Gasteiger partial charge on any atom is -0.481 e. The van der Waals surface area contributed by atoms with E-state index in [2.05, 4.69) is 10.3 Å². The summed E-state index contributed by atoms with van der Waals surface area (Å²) in [4.78, 5) is 26.9. The second-order valence-electron chi connectivity index (χ2n) is 5.51. The van der Waals surface area contributed by atoms with Crippen molar-refractivity contribution in [3.8, 4) is 0 Å². The summed E-state index contributed by atoms with van der Waals surface area (Å²) in [6, 6.07) is 3.79. The monoisotopic (exact) mass is 262 g/mol. The van der Waals surface area contributed by atoms with Gasteiger partial charge in [0, 0.05) is 18.9 Å². The van der Waals surface area contributed by atoms with Crippen LogP contribution < -0.4 is 5.32 Å². The Morgan fingerprint density at radius 2 is 1.95 bits per heavy atom. The predicted octanol–water partition coefficient (Wildman–Crippen LogP) is 1.10. The Morgan fingerprint density at radius 3 is 2.47 bits per heavy atom. The van der Waals surface area contributed by atoms with Crippen LogP contribution in [0, 0.1) is 17.3 Å². The summed E-state index contributed by atoms with van der Waals surface area (Å²) in [5.74, 6) is -2.03. The van der Waals surface area contributed by atoms with Crippen LogP contribution in [-0.2, 0) is 16.0 Å². The number of carboxylic acid groups (broad SMARTS) is 1. The van der Waals surface area contributed by atoms with Gasteiger partial charge in [0.25, 0.3) is 0 Å². The first-order valence-electron chi connectivity index (χ1n) is 6.34. The van der Waals surface area contributed by atoms with Crippen molar-refractivity contribution in [3.05, 3.63) is 30.1 Å². The first-order valence-corrected chi connectivity index (χ1v) is 6.34. The molecule has 2 atom stereocenters. The minimum atomic E-state index is -0.890. The molecule has 5 nitrogen and oxygen atoms in total. The summed E-state index contributed by atoms with van der Waals surface area (Å²) in [6.07, 6.45) is 4.14. The number of carbonyl (C=O) groups excluding carboxylic acids is 1. The van der Waals surface area contributed by atoms with Gasteiger partial charge in [-0.2, -0.15) is 0 Å². The van der Waals surface area contributed by atoms with E-state index in [0.29, 0.717) is 6.54 Å². The van der Waals surface area contributed by atoms with E-state index in [1.54, 1.807) is 12.4 Å². The molecule has 2 N–H and O–H groups in total. The van der Waals surface area contributed by atoms with Gasteiger partial charge in [-0.25, -0.2) is 0 Å². The molecule has 1 heterocycles. The Hall–Kier alpha value is -1.91. The Labute approximate surface area is 112 Å². The number of carbonyl (C=O) groups is 2. The number of nitrogens with zero attached hydrogens (tertiary/aromatic N) is 1. The van der Waals surface area contributed by atoms with Crippen molar-refractivity contribution in [2.75, 3.05) is 6.54 Å². The maximum absolute atomic E-state index is 11.9. The number of pyridine rings is 1. The lowest BCUT2D eigenvalue weighted by Crippen LogP contribution is -2.29. The fourth-order valence-corrected chi connectivity index (χ4v) is 2.58. The van der Waals surface area contributed by atoms with Crippen molar-refractivity contribution >= 4 is 11.9 Å². The molecule has 1 aromatic heterocycles. The molecule has 0 radical (unpaired) electrons. The average molecular weight is 262 g/mol. The topological polar surface area (TPSA) is 79.3 Å². The van der Waals surface area contributed by atoms with Gasteiger partial charge in [0.15, 0.2) is 0 Å². The molecule has 1 aromatic rings. The first-order chi connectivity index (χ1) is 8.94. The molecule has 0 bridgehead atoms. The molecule has 0 unspecified atom stereocenters. The second-order valence-corrected chi connectivity index (χ2v) is 5.51. The van der Waals surface area contributed by atoms with Crippen LogP contribution in [0.25, 0.3) is 0 Å². The first kappa shape index (κ1) is 13.5. The fourth-order valence-electron chi connectivity index (χ4n) is 2.58. The lowest BCUT2D eigenvalue weighted by atomic mass is 10.1. The van der Waals surface area contributed by atoms with Gasteiger partial charge in [0.05, 0.1) is 11.8 Å². The highest BCUT2D eigenvalue weighted by Crippen LogP contribution is 2.58. The maximum Gasteiger partial charge on any atom is 0.307 e. The number of aromatic nitrogens is 1.